The van der Waals surface area contributed by atoms with Crippen LogP contribution in [0.5, 0.6) is 0 Å². The summed E-state index contributed by atoms with van der Waals surface area (Å²) in [6.45, 7) is 6.56. The number of nitrogens with two attached hydrogens (primary N) is 1. The van der Waals surface area contributed by atoms with Gasteiger partial charge in [0.05, 0.1) is 0 Å². The van der Waals surface area contributed by atoms with Gasteiger partial charge in [0.1, 0.15) is 6.04 Å². The molecule has 19 heavy (non-hydrogen) atoms. The minimum absolute atomic E-state index is 0.123. The summed E-state index contributed by atoms with van der Waals surface area (Å²) in [5.41, 5.74) is 5.69. The van der Waals surface area contributed by atoms with Gasteiger partial charge in [-0.2, -0.15) is 0 Å². The molecule has 1 aromatic rings. The first-order valence-electron chi connectivity index (χ1n) is 7.03. The molecule has 1 amide bonds. The van der Waals surface area contributed by atoms with E-state index < -0.39 is 0 Å². The molecule has 0 saturated heterocycles. The molecule has 1 saturated carbocycles. The van der Waals surface area contributed by atoms with E-state index in [1.807, 2.05) is 6.07 Å². The average molecular weight is 280 g/mol. The van der Waals surface area contributed by atoms with E-state index in [0.717, 1.165) is 17.7 Å². The highest BCUT2D eigenvalue weighted by Crippen LogP contribution is 2.33. The number of carbonyl (C=O) groups excluding carboxylic acids is 1. The van der Waals surface area contributed by atoms with Crippen LogP contribution in [0.3, 0.4) is 0 Å². The number of carbonyl (C=O) groups is 1. The zero-order chi connectivity index (χ0) is 14.0. The molecule has 1 unspecified atom stereocenters. The first-order valence-corrected chi connectivity index (χ1v) is 7.85. The van der Waals surface area contributed by atoms with E-state index in [0.29, 0.717) is 6.04 Å². The normalized spacial score (nSPS) is 18.7. The van der Waals surface area contributed by atoms with Crippen molar-refractivity contribution in [2.24, 2.45) is 5.73 Å². The third-order valence-corrected chi connectivity index (χ3v) is 5.27. The van der Waals surface area contributed by atoms with Crippen molar-refractivity contribution in [1.29, 1.82) is 0 Å². The Labute approximate surface area is 119 Å². The Morgan fingerprint density at radius 2 is 2.00 bits per heavy atom. The van der Waals surface area contributed by atoms with Crippen LogP contribution in [-0.4, -0.2) is 11.9 Å². The monoisotopic (exact) mass is 280 g/mol. The summed E-state index contributed by atoms with van der Waals surface area (Å²) in [7, 11) is 0. The molecule has 0 aliphatic heterocycles. The highest BCUT2D eigenvalue weighted by atomic mass is 32.1. The highest BCUT2D eigenvalue weighted by molar-refractivity contribution is 7.12. The molecule has 3 N–H and O–H groups in total. The van der Waals surface area contributed by atoms with Gasteiger partial charge in [-0.15, -0.1) is 11.3 Å². The van der Waals surface area contributed by atoms with Gasteiger partial charge in [-0.25, -0.2) is 0 Å². The highest BCUT2D eigenvalue weighted by Gasteiger charge is 2.26. The lowest BCUT2D eigenvalue weighted by molar-refractivity contribution is -0.120. The first-order chi connectivity index (χ1) is 8.88. The molecule has 0 spiro atoms. The van der Waals surface area contributed by atoms with Crippen molar-refractivity contribution >= 4 is 17.2 Å². The van der Waals surface area contributed by atoms with Crippen LogP contribution in [-0.2, 0) is 10.2 Å². The van der Waals surface area contributed by atoms with Crippen molar-refractivity contribution in [3.05, 3.63) is 21.9 Å². The Kier molecular flexibility index (Phi) is 4.31. The number of hydrogen-bond donors (Lipinski definition) is 2. The van der Waals surface area contributed by atoms with Crippen LogP contribution in [0.2, 0.25) is 0 Å². The van der Waals surface area contributed by atoms with Crippen LogP contribution >= 0.6 is 11.3 Å². The third-order valence-electron chi connectivity index (χ3n) is 3.69. The van der Waals surface area contributed by atoms with Crippen molar-refractivity contribution in [3.63, 3.8) is 0 Å². The Morgan fingerprint density at radius 3 is 2.47 bits per heavy atom. The summed E-state index contributed by atoms with van der Waals surface area (Å²) in [5.74, 6) is -0.269. The lowest BCUT2D eigenvalue weighted by Gasteiger charge is -2.20. The SMILES string of the molecule is CC(C)(C)c1ccc(C(NC2CCCC2)C(N)=O)s1. The molecule has 0 bridgehead atoms. The second-order valence-electron chi connectivity index (χ2n) is 6.44. The number of amides is 1. The van der Waals surface area contributed by atoms with Crippen LogP contribution in [0.4, 0.5) is 0 Å². The quantitative estimate of drug-likeness (QED) is 0.890. The molecule has 1 fully saturated rings. The van der Waals surface area contributed by atoms with E-state index in [-0.39, 0.29) is 17.4 Å². The average Bonchev–Trinajstić information content (AvgIpc) is 2.95. The summed E-state index contributed by atoms with van der Waals surface area (Å²) in [4.78, 5) is 14.1. The Hall–Kier alpha value is -0.870. The standard InChI is InChI=1S/C15H24N2OS/c1-15(2,3)12-9-8-11(19-12)13(14(16)18)17-10-6-4-5-7-10/h8-10,13,17H,4-7H2,1-3H3,(H2,16,18). The van der Waals surface area contributed by atoms with Crippen LogP contribution in [0.15, 0.2) is 12.1 Å². The van der Waals surface area contributed by atoms with Gasteiger partial charge in [0.25, 0.3) is 0 Å². The van der Waals surface area contributed by atoms with Crippen molar-refractivity contribution in [1.82, 2.24) is 5.32 Å². The number of hydrogen-bond acceptors (Lipinski definition) is 3. The molecule has 1 aliphatic carbocycles. The van der Waals surface area contributed by atoms with E-state index in [1.54, 1.807) is 11.3 Å². The number of nitrogens with one attached hydrogen (secondary N) is 1. The molecule has 1 heterocycles. The summed E-state index contributed by atoms with van der Waals surface area (Å²) in [6, 6.07) is 4.27. The van der Waals surface area contributed by atoms with E-state index in [1.165, 1.54) is 17.7 Å². The Morgan fingerprint density at radius 1 is 1.37 bits per heavy atom. The molecule has 0 aromatic carbocycles. The van der Waals surface area contributed by atoms with Crippen molar-refractivity contribution in [2.75, 3.05) is 0 Å². The minimum Gasteiger partial charge on any atom is -0.368 e. The molecular weight excluding hydrogens is 256 g/mol. The van der Waals surface area contributed by atoms with E-state index in [9.17, 15) is 4.79 Å². The summed E-state index contributed by atoms with van der Waals surface area (Å²) >= 11 is 1.70. The molecular formula is C15H24N2OS. The van der Waals surface area contributed by atoms with Gasteiger partial charge >= 0.3 is 0 Å². The van der Waals surface area contributed by atoms with Gasteiger partial charge in [0, 0.05) is 15.8 Å². The fourth-order valence-electron chi connectivity index (χ4n) is 2.54. The number of rotatable bonds is 4. The summed E-state index contributed by atoms with van der Waals surface area (Å²) < 4.78 is 0. The molecule has 3 nitrogen and oxygen atoms in total. The van der Waals surface area contributed by atoms with Crippen molar-refractivity contribution < 1.29 is 4.79 Å². The molecule has 1 atom stereocenters. The second-order valence-corrected chi connectivity index (χ2v) is 7.55. The Bertz CT molecular complexity index is 441. The number of primary amides is 1. The lowest BCUT2D eigenvalue weighted by atomic mass is 9.95. The molecule has 0 radical (unpaired) electrons. The fraction of sp³-hybridized carbons (Fsp3) is 0.667. The molecule has 1 aromatic heterocycles. The van der Waals surface area contributed by atoms with E-state index >= 15 is 0 Å². The predicted octanol–water partition coefficient (Wildman–Crippen LogP) is 3.10. The maximum atomic E-state index is 11.7. The third kappa shape index (κ3) is 3.57. The van der Waals surface area contributed by atoms with E-state index in [4.69, 9.17) is 5.73 Å². The van der Waals surface area contributed by atoms with Gasteiger partial charge in [0.15, 0.2) is 0 Å². The van der Waals surface area contributed by atoms with Crippen LogP contribution in [0.1, 0.15) is 62.3 Å². The van der Waals surface area contributed by atoms with Gasteiger partial charge in [-0.3, -0.25) is 10.1 Å². The van der Waals surface area contributed by atoms with Crippen molar-refractivity contribution in [3.8, 4) is 0 Å². The maximum Gasteiger partial charge on any atom is 0.240 e. The summed E-state index contributed by atoms with van der Waals surface area (Å²) in [6.07, 6.45) is 4.81. The van der Waals surface area contributed by atoms with Crippen LogP contribution < -0.4 is 11.1 Å². The second kappa shape index (κ2) is 5.63. The van der Waals surface area contributed by atoms with E-state index in [2.05, 4.69) is 32.2 Å². The predicted molar refractivity (Wildman–Crippen MR) is 80.3 cm³/mol. The molecule has 2 rings (SSSR count). The van der Waals surface area contributed by atoms with Gasteiger partial charge in [-0.1, -0.05) is 33.6 Å². The van der Waals surface area contributed by atoms with Crippen LogP contribution in [0, 0.1) is 0 Å². The smallest absolute Gasteiger partial charge is 0.240 e. The molecule has 106 valence electrons. The number of thiophene rings is 1. The molecule has 1 aliphatic rings. The van der Waals surface area contributed by atoms with Gasteiger partial charge in [-0.05, 0) is 30.4 Å². The minimum atomic E-state index is -0.329. The summed E-state index contributed by atoms with van der Waals surface area (Å²) in [5, 5.41) is 3.43. The van der Waals surface area contributed by atoms with Gasteiger partial charge < -0.3 is 5.73 Å². The zero-order valence-electron chi connectivity index (χ0n) is 12.0. The van der Waals surface area contributed by atoms with Crippen molar-refractivity contribution in [2.45, 2.75) is 64.0 Å². The maximum absolute atomic E-state index is 11.7. The zero-order valence-corrected chi connectivity index (χ0v) is 12.8. The Balaban J connectivity index is 2.14. The topological polar surface area (TPSA) is 55.1 Å². The van der Waals surface area contributed by atoms with Gasteiger partial charge in [0.2, 0.25) is 5.91 Å². The van der Waals surface area contributed by atoms with Crippen LogP contribution in [0.25, 0.3) is 0 Å². The lowest BCUT2D eigenvalue weighted by Crippen LogP contribution is -2.38. The fourth-order valence-corrected chi connectivity index (χ4v) is 3.68. The first kappa shape index (κ1) is 14.5. The largest absolute Gasteiger partial charge is 0.368 e. The molecule has 4 heteroatoms.